The molecule has 178 valence electrons. The number of esters is 1. The van der Waals surface area contributed by atoms with E-state index in [0.29, 0.717) is 11.1 Å². The lowest BCUT2D eigenvalue weighted by Gasteiger charge is -2.32. The van der Waals surface area contributed by atoms with Crippen LogP contribution in [0.5, 0.6) is 0 Å². The Morgan fingerprint density at radius 2 is 1.66 bits per heavy atom. The summed E-state index contributed by atoms with van der Waals surface area (Å²) >= 11 is 1.53. The van der Waals surface area contributed by atoms with Crippen molar-refractivity contribution in [2.75, 3.05) is 19.7 Å². The van der Waals surface area contributed by atoms with E-state index in [9.17, 15) is 9.59 Å². The first-order chi connectivity index (χ1) is 17.2. The zero-order chi connectivity index (χ0) is 24.0. The number of piperidine rings is 1. The Kier molecular flexibility index (Phi) is 7.16. The van der Waals surface area contributed by atoms with Gasteiger partial charge in [0.15, 0.2) is 6.61 Å². The van der Waals surface area contributed by atoms with Gasteiger partial charge in [-0.2, -0.15) is 0 Å². The van der Waals surface area contributed by atoms with E-state index in [1.807, 2.05) is 42.5 Å². The average molecular weight is 486 g/mol. The normalized spacial score (nSPS) is 14.6. The highest BCUT2D eigenvalue weighted by Gasteiger charge is 2.22. The molecule has 1 N–H and O–H groups in total. The topological polar surface area (TPSA) is 71.5 Å². The number of amides is 1. The number of ether oxygens (including phenoxy) is 1. The van der Waals surface area contributed by atoms with Crippen LogP contribution in [-0.2, 0) is 16.1 Å². The molecule has 1 aliphatic rings. The number of thiazole rings is 1. The number of carbonyl (C=O) groups excluding carboxylic acids is 2. The quantitative estimate of drug-likeness (QED) is 0.377. The van der Waals surface area contributed by atoms with E-state index in [2.05, 4.69) is 39.5 Å². The second-order valence-electron chi connectivity index (χ2n) is 8.71. The van der Waals surface area contributed by atoms with Gasteiger partial charge in [-0.05, 0) is 36.6 Å². The lowest BCUT2D eigenvalue weighted by Crippen LogP contribution is -2.45. The monoisotopic (exact) mass is 485 g/mol. The van der Waals surface area contributed by atoms with E-state index >= 15 is 0 Å². The van der Waals surface area contributed by atoms with Crippen molar-refractivity contribution in [3.63, 3.8) is 0 Å². The molecule has 0 unspecified atom stereocenters. The van der Waals surface area contributed by atoms with E-state index in [0.717, 1.165) is 47.7 Å². The Hall–Kier alpha value is -3.55. The molecule has 5 rings (SSSR count). The summed E-state index contributed by atoms with van der Waals surface area (Å²) < 4.78 is 6.44. The SMILES string of the molecule is O=C(COC(=O)c1ccccc1-c1nc2ccccc2s1)NC1CCN(Cc2ccccc2)CC1. The highest BCUT2D eigenvalue weighted by Crippen LogP contribution is 2.32. The molecule has 0 saturated carbocycles. The van der Waals surface area contributed by atoms with Crippen LogP contribution in [0.3, 0.4) is 0 Å². The molecular weight excluding hydrogens is 458 g/mol. The first-order valence-electron chi connectivity index (χ1n) is 11.8. The van der Waals surface area contributed by atoms with Crippen LogP contribution in [0.15, 0.2) is 78.9 Å². The molecule has 1 aliphatic heterocycles. The molecule has 3 aromatic carbocycles. The number of rotatable bonds is 7. The van der Waals surface area contributed by atoms with Gasteiger partial charge in [0.25, 0.3) is 5.91 Å². The predicted octanol–water partition coefficient (Wildman–Crippen LogP) is 4.90. The Bertz CT molecular complexity index is 1280. The molecule has 0 radical (unpaired) electrons. The van der Waals surface area contributed by atoms with Gasteiger partial charge in [-0.3, -0.25) is 9.69 Å². The van der Waals surface area contributed by atoms with Crippen LogP contribution in [0, 0.1) is 0 Å². The second kappa shape index (κ2) is 10.8. The van der Waals surface area contributed by atoms with E-state index in [1.54, 1.807) is 12.1 Å². The molecule has 6 nitrogen and oxygen atoms in total. The van der Waals surface area contributed by atoms with Gasteiger partial charge in [-0.1, -0.05) is 60.7 Å². The van der Waals surface area contributed by atoms with E-state index in [1.165, 1.54) is 16.9 Å². The molecule has 35 heavy (non-hydrogen) atoms. The first-order valence-corrected chi connectivity index (χ1v) is 12.6. The number of likely N-dealkylation sites (tertiary alicyclic amines) is 1. The van der Waals surface area contributed by atoms with Gasteiger partial charge >= 0.3 is 5.97 Å². The van der Waals surface area contributed by atoms with Gasteiger partial charge in [0.2, 0.25) is 0 Å². The van der Waals surface area contributed by atoms with Crippen LogP contribution in [0.25, 0.3) is 20.8 Å². The number of carbonyl (C=O) groups is 2. The van der Waals surface area contributed by atoms with E-state index in [4.69, 9.17) is 4.74 Å². The predicted molar refractivity (Wildman–Crippen MR) is 138 cm³/mol. The van der Waals surface area contributed by atoms with Crippen molar-refractivity contribution < 1.29 is 14.3 Å². The maximum atomic E-state index is 12.8. The Labute approximate surface area is 208 Å². The van der Waals surface area contributed by atoms with Crippen molar-refractivity contribution >= 4 is 33.4 Å². The minimum atomic E-state index is -0.521. The third-order valence-corrected chi connectivity index (χ3v) is 7.28. The first kappa shape index (κ1) is 23.2. The number of hydrogen-bond acceptors (Lipinski definition) is 6. The number of para-hydroxylation sites is 1. The fourth-order valence-corrected chi connectivity index (χ4v) is 5.40. The molecule has 0 atom stereocenters. The van der Waals surface area contributed by atoms with Crippen LogP contribution in [0.2, 0.25) is 0 Å². The van der Waals surface area contributed by atoms with Crippen LogP contribution in [0.1, 0.15) is 28.8 Å². The van der Waals surface area contributed by atoms with Gasteiger partial charge in [0.1, 0.15) is 5.01 Å². The fourth-order valence-electron chi connectivity index (χ4n) is 4.39. The number of nitrogens with one attached hydrogen (secondary N) is 1. The largest absolute Gasteiger partial charge is 0.452 e. The van der Waals surface area contributed by atoms with Crippen molar-refractivity contribution in [2.24, 2.45) is 0 Å². The second-order valence-corrected chi connectivity index (χ2v) is 9.74. The molecule has 1 fully saturated rings. The number of fused-ring (bicyclic) bond motifs is 1. The average Bonchev–Trinajstić information content (AvgIpc) is 3.33. The van der Waals surface area contributed by atoms with Gasteiger partial charge in [-0.25, -0.2) is 9.78 Å². The summed E-state index contributed by atoms with van der Waals surface area (Å²) in [7, 11) is 0. The molecular formula is C28H27N3O3S. The zero-order valence-corrected chi connectivity index (χ0v) is 20.2. The molecule has 2 heterocycles. The molecule has 1 saturated heterocycles. The fraction of sp³-hybridized carbons (Fsp3) is 0.250. The van der Waals surface area contributed by atoms with E-state index < -0.39 is 5.97 Å². The molecule has 0 aliphatic carbocycles. The standard InChI is InChI=1S/C28H27N3O3S/c32-26(29-21-14-16-31(17-15-21)18-20-8-2-1-3-9-20)19-34-28(33)23-11-5-4-10-22(23)27-30-24-12-6-7-13-25(24)35-27/h1-13,21H,14-19H2,(H,29,32). The summed E-state index contributed by atoms with van der Waals surface area (Å²) in [5.41, 5.74) is 3.32. The number of benzene rings is 3. The van der Waals surface area contributed by atoms with E-state index in [-0.39, 0.29) is 18.6 Å². The van der Waals surface area contributed by atoms with Gasteiger partial charge in [0.05, 0.1) is 15.8 Å². The van der Waals surface area contributed by atoms with Crippen molar-refractivity contribution in [2.45, 2.75) is 25.4 Å². The minimum absolute atomic E-state index is 0.100. The number of aromatic nitrogens is 1. The van der Waals surface area contributed by atoms with Crippen molar-refractivity contribution in [3.8, 4) is 10.6 Å². The third-order valence-electron chi connectivity index (χ3n) is 6.21. The Morgan fingerprint density at radius 1 is 0.943 bits per heavy atom. The minimum Gasteiger partial charge on any atom is -0.452 e. The Morgan fingerprint density at radius 3 is 2.46 bits per heavy atom. The summed E-state index contributed by atoms with van der Waals surface area (Å²) in [6, 6.07) is 25.6. The maximum Gasteiger partial charge on any atom is 0.339 e. The zero-order valence-electron chi connectivity index (χ0n) is 19.4. The van der Waals surface area contributed by atoms with Gasteiger partial charge < -0.3 is 10.1 Å². The van der Waals surface area contributed by atoms with Crippen molar-refractivity contribution in [3.05, 3.63) is 90.0 Å². The molecule has 7 heteroatoms. The third kappa shape index (κ3) is 5.75. The van der Waals surface area contributed by atoms with Crippen LogP contribution < -0.4 is 5.32 Å². The highest BCUT2D eigenvalue weighted by atomic mass is 32.1. The highest BCUT2D eigenvalue weighted by molar-refractivity contribution is 7.21. The van der Waals surface area contributed by atoms with Crippen molar-refractivity contribution in [1.29, 1.82) is 0 Å². The van der Waals surface area contributed by atoms with Gasteiger partial charge in [0, 0.05) is 31.2 Å². The Balaban J connectivity index is 1.13. The summed E-state index contributed by atoms with van der Waals surface area (Å²) in [5, 5.41) is 3.78. The summed E-state index contributed by atoms with van der Waals surface area (Å²) in [6.07, 6.45) is 1.76. The smallest absolute Gasteiger partial charge is 0.339 e. The molecule has 1 amide bonds. The maximum absolute atomic E-state index is 12.8. The lowest BCUT2D eigenvalue weighted by atomic mass is 10.0. The molecule has 0 bridgehead atoms. The summed E-state index contributed by atoms with van der Waals surface area (Å²) in [6.45, 7) is 2.48. The van der Waals surface area contributed by atoms with Crippen LogP contribution in [0.4, 0.5) is 0 Å². The molecule has 4 aromatic rings. The van der Waals surface area contributed by atoms with Crippen LogP contribution in [-0.4, -0.2) is 47.5 Å². The molecule has 1 aromatic heterocycles. The van der Waals surface area contributed by atoms with Crippen molar-refractivity contribution in [1.82, 2.24) is 15.2 Å². The summed E-state index contributed by atoms with van der Waals surface area (Å²) in [5.74, 6) is -0.787. The van der Waals surface area contributed by atoms with Crippen LogP contribution >= 0.6 is 11.3 Å². The molecule has 0 spiro atoms. The lowest BCUT2D eigenvalue weighted by molar-refractivity contribution is -0.125. The van der Waals surface area contributed by atoms with Gasteiger partial charge in [-0.15, -0.1) is 11.3 Å². The number of hydrogen-bond donors (Lipinski definition) is 1. The summed E-state index contributed by atoms with van der Waals surface area (Å²) in [4.78, 5) is 32.4. The number of nitrogens with zero attached hydrogens (tertiary/aromatic N) is 2.